The van der Waals surface area contributed by atoms with Crippen LogP contribution in [0.3, 0.4) is 0 Å². The number of aromatic nitrogens is 2. The molecule has 2 aromatic heterocycles. The number of nitrogens with zero attached hydrogens (tertiary/aromatic N) is 1. The molecule has 3 heteroatoms. The summed E-state index contributed by atoms with van der Waals surface area (Å²) in [7, 11) is 0. The zero-order valence-corrected chi connectivity index (χ0v) is 24.4. The second kappa shape index (κ2) is 9.32. The summed E-state index contributed by atoms with van der Waals surface area (Å²) in [6.45, 7) is 8.89. The highest BCUT2D eigenvalue weighted by atomic mass is 14.7. The third-order valence-corrected chi connectivity index (χ3v) is 9.21. The standard InChI is InChI=1S/C39H31BN2/c1-23-19-24(2)32-21-31(23)30-14-8-13-28-29-15-9-16-35(39(29)42-38(28)30)40(27-11-6-5-7-12-27)37-18-10-17-36(41-37)34-22-33(32)25(3)20-26(34)4/h5-22,42H,1-4H3. The Morgan fingerprint density at radius 2 is 1.10 bits per heavy atom. The van der Waals surface area contributed by atoms with Crippen molar-refractivity contribution in [3.63, 3.8) is 0 Å². The van der Waals surface area contributed by atoms with Gasteiger partial charge in [-0.05, 0) is 96.4 Å². The third-order valence-electron chi connectivity index (χ3n) is 9.21. The van der Waals surface area contributed by atoms with Crippen LogP contribution in [0.5, 0.6) is 0 Å². The highest BCUT2D eigenvalue weighted by molar-refractivity contribution is 6.96. The molecule has 0 spiro atoms. The Morgan fingerprint density at radius 3 is 1.83 bits per heavy atom. The lowest BCUT2D eigenvalue weighted by molar-refractivity contribution is 1.31. The van der Waals surface area contributed by atoms with Crippen LogP contribution >= 0.6 is 0 Å². The SMILES string of the molecule is Cc1cc(C)c2cc1-c1cccc(n1)B(c1ccccc1)c1cccc3c1[nH]c1c(cccc13)-c1cc-2c(C)cc1C. The number of hydrogen-bond donors (Lipinski definition) is 1. The maximum absolute atomic E-state index is 5.42. The van der Waals surface area contributed by atoms with E-state index >= 15 is 0 Å². The smallest absolute Gasteiger partial charge is 0.267 e. The Hall–Kier alpha value is -4.89. The number of para-hydroxylation sites is 2. The van der Waals surface area contributed by atoms with Crippen molar-refractivity contribution in [1.29, 1.82) is 0 Å². The normalized spacial score (nSPS) is 12.2. The van der Waals surface area contributed by atoms with Gasteiger partial charge in [0.15, 0.2) is 0 Å². The zero-order valence-electron chi connectivity index (χ0n) is 24.4. The predicted octanol–water partition coefficient (Wildman–Crippen LogP) is 7.78. The van der Waals surface area contributed by atoms with E-state index in [1.807, 2.05) is 0 Å². The van der Waals surface area contributed by atoms with E-state index in [-0.39, 0.29) is 6.71 Å². The molecule has 3 heterocycles. The Morgan fingerprint density at radius 1 is 0.500 bits per heavy atom. The Kier molecular flexibility index (Phi) is 5.52. The van der Waals surface area contributed by atoms with Crippen molar-refractivity contribution in [1.82, 2.24) is 9.97 Å². The van der Waals surface area contributed by atoms with Crippen LogP contribution in [0.15, 0.2) is 109 Å². The van der Waals surface area contributed by atoms with E-state index < -0.39 is 0 Å². The molecule has 0 amide bonds. The molecule has 0 aliphatic carbocycles. The minimum Gasteiger partial charge on any atom is -0.354 e. The molecule has 2 nitrogen and oxygen atoms in total. The maximum Gasteiger partial charge on any atom is 0.267 e. The van der Waals surface area contributed by atoms with Crippen LogP contribution in [0, 0.1) is 27.7 Å². The van der Waals surface area contributed by atoms with Gasteiger partial charge in [-0.3, -0.25) is 4.98 Å². The average Bonchev–Trinajstić information content (AvgIpc) is 3.38. The first-order valence-corrected chi connectivity index (χ1v) is 14.8. The van der Waals surface area contributed by atoms with E-state index in [1.165, 1.54) is 82.8 Å². The van der Waals surface area contributed by atoms with E-state index in [1.54, 1.807) is 0 Å². The molecular weight excluding hydrogens is 507 g/mol. The van der Waals surface area contributed by atoms with Crippen molar-refractivity contribution < 1.29 is 0 Å². The van der Waals surface area contributed by atoms with E-state index in [0.29, 0.717) is 0 Å². The summed E-state index contributed by atoms with van der Waals surface area (Å²) in [6.07, 6.45) is 0. The molecule has 8 rings (SSSR count). The van der Waals surface area contributed by atoms with E-state index in [2.05, 4.69) is 142 Å². The van der Waals surface area contributed by atoms with Gasteiger partial charge >= 0.3 is 0 Å². The lowest BCUT2D eigenvalue weighted by Gasteiger charge is -2.19. The van der Waals surface area contributed by atoms with Crippen LogP contribution in [0.4, 0.5) is 0 Å². The second-order valence-corrected chi connectivity index (χ2v) is 11.9. The Labute approximate surface area is 247 Å². The molecule has 1 aliphatic heterocycles. The van der Waals surface area contributed by atoms with Crippen molar-refractivity contribution in [2.24, 2.45) is 0 Å². The number of nitrogens with one attached hydrogen (secondary N) is 1. The van der Waals surface area contributed by atoms with Crippen LogP contribution in [-0.2, 0) is 0 Å². The minimum atomic E-state index is -0.0215. The summed E-state index contributed by atoms with van der Waals surface area (Å²) >= 11 is 0. The van der Waals surface area contributed by atoms with Gasteiger partial charge < -0.3 is 4.98 Å². The molecule has 8 bridgehead atoms. The number of aryl methyl sites for hydroxylation is 4. The van der Waals surface area contributed by atoms with Crippen molar-refractivity contribution in [3.05, 3.63) is 131 Å². The molecule has 0 saturated carbocycles. The van der Waals surface area contributed by atoms with Gasteiger partial charge in [-0.1, -0.05) is 90.4 Å². The van der Waals surface area contributed by atoms with Crippen molar-refractivity contribution in [3.8, 4) is 33.5 Å². The third kappa shape index (κ3) is 3.70. The summed E-state index contributed by atoms with van der Waals surface area (Å²) in [6, 6.07) is 40.2. The number of fused-ring (bicyclic) bond motifs is 10. The maximum atomic E-state index is 5.42. The first-order chi connectivity index (χ1) is 20.5. The van der Waals surface area contributed by atoms with Gasteiger partial charge in [0.05, 0.1) is 11.2 Å². The number of H-pyrrole nitrogens is 1. The van der Waals surface area contributed by atoms with Crippen molar-refractivity contribution >= 4 is 45.0 Å². The van der Waals surface area contributed by atoms with Crippen LogP contribution in [-0.4, -0.2) is 16.7 Å². The van der Waals surface area contributed by atoms with E-state index in [9.17, 15) is 0 Å². The summed E-state index contributed by atoms with van der Waals surface area (Å²) in [5, 5.41) is 2.50. The number of pyridine rings is 1. The summed E-state index contributed by atoms with van der Waals surface area (Å²) in [5.74, 6) is 0. The molecule has 0 atom stereocenters. The first kappa shape index (κ1) is 24.9. The Balaban J connectivity index is 1.57. The van der Waals surface area contributed by atoms with Crippen LogP contribution in [0.2, 0.25) is 0 Å². The zero-order chi connectivity index (χ0) is 28.5. The summed E-state index contributed by atoms with van der Waals surface area (Å²) < 4.78 is 0. The molecule has 5 aromatic carbocycles. The van der Waals surface area contributed by atoms with Crippen molar-refractivity contribution in [2.45, 2.75) is 27.7 Å². The number of hydrogen-bond acceptors (Lipinski definition) is 1. The van der Waals surface area contributed by atoms with Gasteiger partial charge in [0.2, 0.25) is 0 Å². The molecule has 0 unspecified atom stereocenters. The molecule has 0 saturated heterocycles. The highest BCUT2D eigenvalue weighted by Gasteiger charge is 2.27. The molecular formula is C39H31BN2. The van der Waals surface area contributed by atoms with Gasteiger partial charge in [0.1, 0.15) is 0 Å². The fourth-order valence-corrected chi connectivity index (χ4v) is 7.20. The van der Waals surface area contributed by atoms with Gasteiger partial charge in [0.25, 0.3) is 6.71 Å². The van der Waals surface area contributed by atoms with Gasteiger partial charge in [-0.2, -0.15) is 0 Å². The monoisotopic (exact) mass is 538 g/mol. The van der Waals surface area contributed by atoms with Gasteiger partial charge in [0, 0.05) is 33.0 Å². The fraction of sp³-hybridized carbons (Fsp3) is 0.103. The average molecular weight is 539 g/mol. The molecule has 1 N–H and O–H groups in total. The van der Waals surface area contributed by atoms with Crippen LogP contribution < -0.4 is 16.5 Å². The lowest BCUT2D eigenvalue weighted by Crippen LogP contribution is -2.53. The van der Waals surface area contributed by atoms with E-state index in [4.69, 9.17) is 4.98 Å². The quantitative estimate of drug-likeness (QED) is 0.213. The molecule has 0 fully saturated rings. The number of rotatable bonds is 1. The lowest BCUT2D eigenvalue weighted by atomic mass is 9.38. The number of aromatic amines is 1. The Bertz CT molecular complexity index is 2190. The van der Waals surface area contributed by atoms with Gasteiger partial charge in [-0.25, -0.2) is 0 Å². The molecule has 0 radical (unpaired) electrons. The van der Waals surface area contributed by atoms with Crippen molar-refractivity contribution in [2.75, 3.05) is 0 Å². The fourth-order valence-electron chi connectivity index (χ4n) is 7.20. The summed E-state index contributed by atoms with van der Waals surface area (Å²) in [5.41, 5.74) is 18.2. The molecule has 7 aromatic rings. The molecule has 1 aliphatic rings. The topological polar surface area (TPSA) is 28.7 Å². The van der Waals surface area contributed by atoms with Crippen LogP contribution in [0.1, 0.15) is 22.3 Å². The second-order valence-electron chi connectivity index (χ2n) is 11.9. The summed E-state index contributed by atoms with van der Waals surface area (Å²) in [4.78, 5) is 9.36. The first-order valence-electron chi connectivity index (χ1n) is 14.8. The van der Waals surface area contributed by atoms with Crippen LogP contribution in [0.25, 0.3) is 55.3 Å². The number of benzene rings is 5. The largest absolute Gasteiger partial charge is 0.354 e. The van der Waals surface area contributed by atoms with E-state index in [0.717, 1.165) is 11.3 Å². The van der Waals surface area contributed by atoms with Gasteiger partial charge in [-0.15, -0.1) is 0 Å². The molecule has 42 heavy (non-hydrogen) atoms. The predicted molar refractivity (Wildman–Crippen MR) is 180 cm³/mol. The minimum absolute atomic E-state index is 0.0215. The highest BCUT2D eigenvalue weighted by Crippen LogP contribution is 2.39. The molecule has 200 valence electrons.